The molecule has 0 aromatic heterocycles. The highest BCUT2D eigenvalue weighted by Gasteiger charge is 2.50. The number of ether oxygens (including phenoxy) is 3. The van der Waals surface area contributed by atoms with Gasteiger partial charge < -0.3 is 14.2 Å². The minimum absolute atomic E-state index is 0.390. The maximum absolute atomic E-state index is 12.0. The predicted molar refractivity (Wildman–Crippen MR) is 83.2 cm³/mol. The minimum Gasteiger partial charge on any atom is -0.467 e. The van der Waals surface area contributed by atoms with Crippen LogP contribution in [-0.2, 0) is 19.0 Å². The summed E-state index contributed by atoms with van der Waals surface area (Å²) in [5.41, 5.74) is 0.965. The summed E-state index contributed by atoms with van der Waals surface area (Å²) < 4.78 is 18.0. The van der Waals surface area contributed by atoms with Crippen LogP contribution < -0.4 is 0 Å². The van der Waals surface area contributed by atoms with Crippen LogP contribution in [0, 0.1) is 3.57 Å². The molecule has 2 atom stereocenters. The summed E-state index contributed by atoms with van der Waals surface area (Å²) in [4.78, 5) is 12.0. The van der Waals surface area contributed by atoms with Crippen molar-refractivity contribution in [1.29, 1.82) is 0 Å². The summed E-state index contributed by atoms with van der Waals surface area (Å²) in [5, 5.41) is 0. The topological polar surface area (TPSA) is 44.8 Å². The van der Waals surface area contributed by atoms with Gasteiger partial charge in [-0.3, -0.25) is 0 Å². The van der Waals surface area contributed by atoms with Crippen molar-refractivity contribution in [2.75, 3.05) is 7.11 Å². The Hall–Kier alpha value is -0.660. The van der Waals surface area contributed by atoms with E-state index < -0.39 is 24.0 Å². The lowest BCUT2D eigenvalue weighted by atomic mass is 10.0. The molecule has 1 aliphatic heterocycles. The molecule has 110 valence electrons. The summed E-state index contributed by atoms with van der Waals surface area (Å²) in [6.45, 7) is 3.99. The lowest BCUT2D eigenvalue weighted by Crippen LogP contribution is -2.32. The largest absolute Gasteiger partial charge is 0.467 e. The average molecular weight is 390 g/mol. The van der Waals surface area contributed by atoms with Gasteiger partial charge >= 0.3 is 5.97 Å². The van der Waals surface area contributed by atoms with Gasteiger partial charge in [0.05, 0.1) is 7.11 Å². The minimum atomic E-state index is -0.712. The van der Waals surface area contributed by atoms with Crippen molar-refractivity contribution in [3.63, 3.8) is 0 Å². The molecule has 0 radical (unpaired) electrons. The Morgan fingerprint density at radius 2 is 1.95 bits per heavy atom. The van der Waals surface area contributed by atoms with Gasteiger partial charge in [-0.2, -0.15) is 0 Å². The number of methoxy groups -OCH3 is 1. The van der Waals surface area contributed by atoms with Gasteiger partial charge in [-0.1, -0.05) is 32.0 Å². The van der Waals surface area contributed by atoms with E-state index in [9.17, 15) is 4.79 Å². The van der Waals surface area contributed by atoms with Crippen molar-refractivity contribution in [1.82, 2.24) is 0 Å². The summed E-state index contributed by atoms with van der Waals surface area (Å²) >= 11 is 2.24. The molecule has 1 aliphatic rings. The van der Waals surface area contributed by atoms with Crippen molar-refractivity contribution in [3.8, 4) is 0 Å². The fraction of sp³-hybridized carbons (Fsp3) is 0.533. The predicted octanol–water partition coefficient (Wildman–Crippen LogP) is 3.44. The van der Waals surface area contributed by atoms with Crippen molar-refractivity contribution < 1.29 is 19.0 Å². The number of carbonyl (C=O) groups excluding carboxylic acids is 1. The molecule has 0 unspecified atom stereocenters. The summed E-state index contributed by atoms with van der Waals surface area (Å²) in [5.74, 6) is -1.10. The van der Waals surface area contributed by atoms with E-state index >= 15 is 0 Å². The van der Waals surface area contributed by atoms with Gasteiger partial charge in [0.15, 0.2) is 11.9 Å². The number of hydrogen-bond donors (Lipinski definition) is 0. The number of halogens is 1. The van der Waals surface area contributed by atoms with Crippen LogP contribution in [0.4, 0.5) is 0 Å². The van der Waals surface area contributed by atoms with E-state index in [1.165, 1.54) is 7.11 Å². The molecule has 1 aromatic carbocycles. The number of benzene rings is 1. The second-order valence-electron chi connectivity index (χ2n) is 4.74. The third kappa shape index (κ3) is 2.84. The molecule has 1 heterocycles. The van der Waals surface area contributed by atoms with Gasteiger partial charge in [-0.05, 0) is 47.1 Å². The van der Waals surface area contributed by atoms with Gasteiger partial charge in [0.1, 0.15) is 6.10 Å². The van der Waals surface area contributed by atoms with E-state index in [0.29, 0.717) is 12.8 Å². The standard InChI is InChI=1S/C15H19IO4/c1-4-15(5-2)19-12(13(20-15)14(17)18-3)10-8-6-7-9-11(10)16/h6-9,12-13H,4-5H2,1-3H3/t12-,13-/m1/s1. The number of rotatable bonds is 4. The van der Waals surface area contributed by atoms with E-state index in [1.807, 2.05) is 38.1 Å². The van der Waals surface area contributed by atoms with Crippen LogP contribution in [0.2, 0.25) is 0 Å². The number of carbonyl (C=O) groups is 1. The fourth-order valence-electron chi connectivity index (χ4n) is 2.42. The van der Waals surface area contributed by atoms with Crippen LogP contribution in [0.15, 0.2) is 24.3 Å². The molecule has 1 fully saturated rings. The average Bonchev–Trinajstić information content (AvgIpc) is 2.87. The fourth-order valence-corrected chi connectivity index (χ4v) is 3.11. The van der Waals surface area contributed by atoms with E-state index in [0.717, 1.165) is 9.13 Å². The molecule has 1 saturated heterocycles. The molecule has 5 heteroatoms. The molecule has 1 aromatic rings. The molecule has 4 nitrogen and oxygen atoms in total. The monoisotopic (exact) mass is 390 g/mol. The van der Waals surface area contributed by atoms with E-state index in [-0.39, 0.29) is 0 Å². The molecule has 2 rings (SSSR count). The quantitative estimate of drug-likeness (QED) is 0.584. The van der Waals surface area contributed by atoms with E-state index in [4.69, 9.17) is 14.2 Å². The lowest BCUT2D eigenvalue weighted by Gasteiger charge is -2.25. The van der Waals surface area contributed by atoms with Crippen molar-refractivity contribution in [3.05, 3.63) is 33.4 Å². The van der Waals surface area contributed by atoms with Crippen LogP contribution in [0.1, 0.15) is 38.4 Å². The van der Waals surface area contributed by atoms with Gasteiger partial charge in [0, 0.05) is 3.57 Å². The van der Waals surface area contributed by atoms with E-state index in [1.54, 1.807) is 0 Å². The zero-order chi connectivity index (χ0) is 14.8. The van der Waals surface area contributed by atoms with Crippen LogP contribution in [0.5, 0.6) is 0 Å². The highest BCUT2D eigenvalue weighted by molar-refractivity contribution is 14.1. The van der Waals surface area contributed by atoms with Crippen LogP contribution >= 0.6 is 22.6 Å². The van der Waals surface area contributed by atoms with Gasteiger partial charge in [-0.25, -0.2) is 4.79 Å². The molecule has 20 heavy (non-hydrogen) atoms. The lowest BCUT2D eigenvalue weighted by molar-refractivity contribution is -0.187. The first-order chi connectivity index (χ1) is 9.56. The first kappa shape index (κ1) is 15.7. The zero-order valence-corrected chi connectivity index (χ0v) is 14.0. The first-order valence-corrected chi connectivity index (χ1v) is 7.82. The maximum atomic E-state index is 12.0. The normalized spacial score (nSPS) is 24.6. The smallest absolute Gasteiger partial charge is 0.338 e. The summed E-state index contributed by atoms with van der Waals surface area (Å²) in [7, 11) is 1.37. The highest BCUT2D eigenvalue weighted by atomic mass is 127. The van der Waals surface area contributed by atoms with Crippen molar-refractivity contribution in [2.45, 2.75) is 44.7 Å². The Kier molecular flexibility index (Phi) is 5.04. The molecule has 0 spiro atoms. The van der Waals surface area contributed by atoms with Crippen molar-refractivity contribution in [2.24, 2.45) is 0 Å². The Labute approximate surface area is 132 Å². The van der Waals surface area contributed by atoms with Gasteiger partial charge in [0.2, 0.25) is 0 Å². The molecule has 0 amide bonds. The molecular weight excluding hydrogens is 371 g/mol. The Balaban J connectivity index is 2.38. The third-order valence-electron chi connectivity index (χ3n) is 3.68. The second kappa shape index (κ2) is 6.41. The Morgan fingerprint density at radius 1 is 1.30 bits per heavy atom. The molecule has 0 aliphatic carbocycles. The number of esters is 1. The zero-order valence-electron chi connectivity index (χ0n) is 11.9. The number of hydrogen-bond acceptors (Lipinski definition) is 4. The van der Waals surface area contributed by atoms with Crippen LogP contribution in [0.25, 0.3) is 0 Å². The van der Waals surface area contributed by atoms with Gasteiger partial charge in [-0.15, -0.1) is 0 Å². The highest BCUT2D eigenvalue weighted by Crippen LogP contribution is 2.43. The van der Waals surface area contributed by atoms with Crippen LogP contribution in [-0.4, -0.2) is 25.0 Å². The van der Waals surface area contributed by atoms with Crippen LogP contribution in [0.3, 0.4) is 0 Å². The van der Waals surface area contributed by atoms with Gasteiger partial charge in [0.25, 0.3) is 0 Å². The summed E-state index contributed by atoms with van der Waals surface area (Å²) in [6, 6.07) is 7.85. The first-order valence-electron chi connectivity index (χ1n) is 6.74. The molecule has 0 N–H and O–H groups in total. The summed E-state index contributed by atoms with van der Waals surface area (Å²) in [6.07, 6.45) is 0.250. The Bertz CT molecular complexity index is 485. The molecule has 0 saturated carbocycles. The third-order valence-corrected chi connectivity index (χ3v) is 4.66. The SMILES string of the molecule is CCC1(CC)O[C@H](c2ccccc2I)[C@H](C(=O)OC)O1. The molecule has 0 bridgehead atoms. The maximum Gasteiger partial charge on any atom is 0.338 e. The Morgan fingerprint density at radius 3 is 2.50 bits per heavy atom. The van der Waals surface area contributed by atoms with Crippen molar-refractivity contribution >= 4 is 28.6 Å². The molecular formula is C15H19IO4. The second-order valence-corrected chi connectivity index (χ2v) is 5.90. The van der Waals surface area contributed by atoms with E-state index in [2.05, 4.69) is 22.6 Å².